The van der Waals surface area contributed by atoms with Gasteiger partial charge in [0, 0.05) is 36.4 Å². The number of rotatable bonds is 6. The number of hydrogen-bond acceptors (Lipinski definition) is 4. The molecule has 0 aliphatic rings. The number of nitrogens with one attached hydrogen (secondary N) is 1. The molecular weight excluding hydrogens is 334 g/mol. The molecule has 26 heavy (non-hydrogen) atoms. The average Bonchev–Trinajstić information content (AvgIpc) is 3.01. The molecule has 136 valence electrons. The van der Waals surface area contributed by atoms with Crippen LogP contribution >= 0.6 is 0 Å². The number of aryl methyl sites for hydroxylation is 1. The molecule has 2 N–H and O–H groups in total. The molecule has 2 aromatic heterocycles. The van der Waals surface area contributed by atoms with Crippen LogP contribution in [0.5, 0.6) is 11.5 Å². The van der Waals surface area contributed by atoms with E-state index in [0.29, 0.717) is 18.8 Å². The molecule has 0 aliphatic heterocycles. The Bertz CT molecular complexity index is 1000. The van der Waals surface area contributed by atoms with Gasteiger partial charge in [0.1, 0.15) is 18.0 Å². The Morgan fingerprint density at radius 1 is 1.27 bits per heavy atom. The smallest absolute Gasteiger partial charge is 0.254 e. The van der Waals surface area contributed by atoms with E-state index in [0.717, 1.165) is 22.7 Å². The van der Waals surface area contributed by atoms with Gasteiger partial charge >= 0.3 is 0 Å². The van der Waals surface area contributed by atoms with Crippen molar-refractivity contribution >= 4 is 16.8 Å². The van der Waals surface area contributed by atoms with E-state index in [9.17, 15) is 14.7 Å². The minimum absolute atomic E-state index is 0.0782. The largest absolute Gasteiger partial charge is 0.508 e. The highest BCUT2D eigenvalue weighted by Gasteiger charge is 2.09. The van der Waals surface area contributed by atoms with Crippen LogP contribution in [0.2, 0.25) is 0 Å². The van der Waals surface area contributed by atoms with Gasteiger partial charge in [-0.3, -0.25) is 9.59 Å². The number of aromatic hydroxyl groups is 1. The van der Waals surface area contributed by atoms with Crippen molar-refractivity contribution in [3.63, 3.8) is 0 Å². The molecule has 7 nitrogen and oxygen atoms in total. The number of hydrogen-bond donors (Lipinski definition) is 2. The first-order valence-electron chi connectivity index (χ1n) is 8.28. The van der Waals surface area contributed by atoms with Crippen LogP contribution in [0.25, 0.3) is 10.9 Å². The lowest BCUT2D eigenvalue weighted by Crippen LogP contribution is -2.34. The van der Waals surface area contributed by atoms with Crippen molar-refractivity contribution < 1.29 is 14.6 Å². The minimum atomic E-state index is -0.402. The Kier molecular flexibility index (Phi) is 4.97. The summed E-state index contributed by atoms with van der Waals surface area (Å²) in [6.07, 6.45) is 1.95. The molecule has 1 amide bonds. The van der Waals surface area contributed by atoms with Gasteiger partial charge in [0.25, 0.3) is 5.56 Å². The summed E-state index contributed by atoms with van der Waals surface area (Å²) in [6.45, 7) is 2.64. The van der Waals surface area contributed by atoms with Crippen LogP contribution < -0.4 is 15.6 Å². The Balaban J connectivity index is 1.62. The average molecular weight is 355 g/mol. The van der Waals surface area contributed by atoms with Crippen molar-refractivity contribution in [2.45, 2.75) is 20.0 Å². The Morgan fingerprint density at radius 3 is 2.81 bits per heavy atom. The lowest BCUT2D eigenvalue weighted by atomic mass is 10.2. The summed E-state index contributed by atoms with van der Waals surface area (Å²) in [4.78, 5) is 24.0. The number of methoxy groups -OCH3 is 1. The molecule has 0 saturated heterocycles. The fraction of sp³-hybridized carbons (Fsp3) is 0.263. The summed E-state index contributed by atoms with van der Waals surface area (Å²) in [5, 5.41) is 13.2. The molecular formula is C19H21N3O4. The molecule has 1 aromatic carbocycles. The fourth-order valence-corrected chi connectivity index (χ4v) is 3.00. The minimum Gasteiger partial charge on any atom is -0.508 e. The Labute approximate surface area is 150 Å². The fourth-order valence-electron chi connectivity index (χ4n) is 3.00. The number of ether oxygens (including phenoxy) is 1. The van der Waals surface area contributed by atoms with Gasteiger partial charge in [0.15, 0.2) is 0 Å². The summed E-state index contributed by atoms with van der Waals surface area (Å²) in [6, 6.07) is 10.4. The zero-order chi connectivity index (χ0) is 18.7. The van der Waals surface area contributed by atoms with Crippen molar-refractivity contribution in [1.29, 1.82) is 0 Å². The van der Waals surface area contributed by atoms with E-state index in [1.165, 1.54) is 10.6 Å². The number of fused-ring (bicyclic) bond motifs is 1. The molecule has 0 unspecified atom stereocenters. The predicted molar refractivity (Wildman–Crippen MR) is 98.6 cm³/mol. The SMILES string of the molecule is COc1cccc2c1ccn2CCNC(=O)Cn1c(C)cc(O)cc1=O. The first-order chi connectivity index (χ1) is 12.5. The number of benzene rings is 1. The van der Waals surface area contributed by atoms with E-state index in [1.807, 2.05) is 35.0 Å². The zero-order valence-corrected chi connectivity index (χ0v) is 14.7. The van der Waals surface area contributed by atoms with Crippen LogP contribution in [0.3, 0.4) is 0 Å². The van der Waals surface area contributed by atoms with Gasteiger partial charge in [-0.1, -0.05) is 6.07 Å². The number of aromatic nitrogens is 2. The van der Waals surface area contributed by atoms with Crippen LogP contribution in [-0.4, -0.2) is 33.8 Å². The van der Waals surface area contributed by atoms with Gasteiger partial charge in [-0.15, -0.1) is 0 Å². The highest BCUT2D eigenvalue weighted by Crippen LogP contribution is 2.25. The molecule has 3 aromatic rings. The number of nitrogens with zero attached hydrogens (tertiary/aromatic N) is 2. The second-order valence-corrected chi connectivity index (χ2v) is 6.03. The lowest BCUT2D eigenvalue weighted by Gasteiger charge is -2.11. The third-order valence-corrected chi connectivity index (χ3v) is 4.29. The third-order valence-electron chi connectivity index (χ3n) is 4.29. The van der Waals surface area contributed by atoms with Crippen molar-refractivity contribution in [2.75, 3.05) is 13.7 Å². The van der Waals surface area contributed by atoms with Crippen LogP contribution in [-0.2, 0) is 17.9 Å². The summed E-state index contributed by atoms with van der Waals surface area (Å²) < 4.78 is 8.71. The molecule has 0 fully saturated rings. The zero-order valence-electron chi connectivity index (χ0n) is 14.7. The molecule has 0 radical (unpaired) electrons. The topological polar surface area (TPSA) is 85.5 Å². The molecule has 0 bridgehead atoms. The molecule has 2 heterocycles. The van der Waals surface area contributed by atoms with E-state index in [-0.39, 0.29) is 18.2 Å². The molecule has 0 aliphatic carbocycles. The number of carbonyl (C=O) groups excluding carboxylic acids is 1. The third kappa shape index (κ3) is 3.56. The van der Waals surface area contributed by atoms with Crippen molar-refractivity contribution in [3.05, 3.63) is 58.6 Å². The van der Waals surface area contributed by atoms with Crippen LogP contribution in [0.4, 0.5) is 0 Å². The predicted octanol–water partition coefficient (Wildman–Crippen LogP) is 1.64. The second kappa shape index (κ2) is 7.35. The number of amides is 1. The summed E-state index contributed by atoms with van der Waals surface area (Å²) >= 11 is 0. The van der Waals surface area contributed by atoms with E-state index in [2.05, 4.69) is 5.32 Å². The van der Waals surface area contributed by atoms with Crippen molar-refractivity contribution in [3.8, 4) is 11.5 Å². The molecule has 0 spiro atoms. The second-order valence-electron chi connectivity index (χ2n) is 6.03. The van der Waals surface area contributed by atoms with E-state index < -0.39 is 5.56 Å². The number of pyridine rings is 1. The van der Waals surface area contributed by atoms with E-state index in [1.54, 1.807) is 14.0 Å². The van der Waals surface area contributed by atoms with Gasteiger partial charge < -0.3 is 24.3 Å². The highest BCUT2D eigenvalue weighted by atomic mass is 16.5. The maximum absolute atomic E-state index is 12.1. The summed E-state index contributed by atoms with van der Waals surface area (Å²) in [7, 11) is 1.64. The summed E-state index contributed by atoms with van der Waals surface area (Å²) in [5.74, 6) is 0.460. The quantitative estimate of drug-likeness (QED) is 0.704. The maximum Gasteiger partial charge on any atom is 0.254 e. The van der Waals surface area contributed by atoms with Gasteiger partial charge in [0.05, 0.1) is 12.6 Å². The van der Waals surface area contributed by atoms with Crippen LogP contribution in [0.1, 0.15) is 5.69 Å². The van der Waals surface area contributed by atoms with Gasteiger partial charge in [-0.25, -0.2) is 0 Å². The molecule has 0 atom stereocenters. The van der Waals surface area contributed by atoms with Gasteiger partial charge in [-0.05, 0) is 31.2 Å². The monoisotopic (exact) mass is 355 g/mol. The van der Waals surface area contributed by atoms with Crippen molar-refractivity contribution in [1.82, 2.24) is 14.5 Å². The first-order valence-corrected chi connectivity index (χ1v) is 8.28. The standard InChI is InChI=1S/C19H21N3O4/c1-13-10-14(23)11-19(25)22(13)12-18(24)20-7-9-21-8-6-15-16(21)4-3-5-17(15)26-2/h3-6,8,10-11,23H,7,9,12H2,1-2H3,(H,20,24). The number of carbonyl (C=O) groups is 1. The Hall–Kier alpha value is -3.22. The van der Waals surface area contributed by atoms with Gasteiger partial charge in [0.2, 0.25) is 5.91 Å². The summed E-state index contributed by atoms with van der Waals surface area (Å²) in [5.41, 5.74) is 1.17. The molecule has 3 rings (SSSR count). The van der Waals surface area contributed by atoms with Gasteiger partial charge in [-0.2, -0.15) is 0 Å². The van der Waals surface area contributed by atoms with E-state index >= 15 is 0 Å². The Morgan fingerprint density at radius 2 is 2.08 bits per heavy atom. The normalized spacial score (nSPS) is 10.8. The lowest BCUT2D eigenvalue weighted by molar-refractivity contribution is -0.121. The maximum atomic E-state index is 12.1. The molecule has 0 saturated carbocycles. The molecule has 7 heteroatoms. The van der Waals surface area contributed by atoms with Crippen molar-refractivity contribution in [2.24, 2.45) is 0 Å². The van der Waals surface area contributed by atoms with Crippen LogP contribution in [0, 0.1) is 6.92 Å². The van der Waals surface area contributed by atoms with Crippen LogP contribution in [0.15, 0.2) is 47.4 Å². The first kappa shape index (κ1) is 17.6. The highest BCUT2D eigenvalue weighted by molar-refractivity contribution is 5.86. The van der Waals surface area contributed by atoms with E-state index in [4.69, 9.17) is 4.74 Å².